The summed E-state index contributed by atoms with van der Waals surface area (Å²) in [5, 5.41) is 3.34. The number of rotatable bonds is 4. The summed E-state index contributed by atoms with van der Waals surface area (Å²) in [4.78, 5) is 25.7. The Labute approximate surface area is 130 Å². The molecule has 1 aromatic carbocycles. The molecule has 0 unspecified atom stereocenters. The fourth-order valence-electron chi connectivity index (χ4n) is 2.39. The Morgan fingerprint density at radius 3 is 2.48 bits per heavy atom. The lowest BCUT2D eigenvalue weighted by atomic mass is 9.99. The molecule has 0 aliphatic carbocycles. The van der Waals surface area contributed by atoms with E-state index in [2.05, 4.69) is 12.2 Å². The van der Waals surface area contributed by atoms with Gasteiger partial charge in [0.2, 0.25) is 11.8 Å². The minimum absolute atomic E-state index is 0.00589. The van der Waals surface area contributed by atoms with E-state index in [1.807, 2.05) is 17.0 Å². The molecule has 1 fully saturated rings. The monoisotopic (exact) mass is 308 g/mol. The number of halogens is 1. The third-order valence-electron chi connectivity index (χ3n) is 3.85. The lowest BCUT2D eigenvalue weighted by Gasteiger charge is -2.30. The second-order valence-corrected chi connectivity index (χ2v) is 6.08. The maximum atomic E-state index is 12.0. The van der Waals surface area contributed by atoms with Gasteiger partial charge in [0.1, 0.15) is 0 Å². The van der Waals surface area contributed by atoms with Crippen molar-refractivity contribution in [3.05, 3.63) is 34.9 Å². The number of amides is 2. The van der Waals surface area contributed by atoms with Crippen LogP contribution in [-0.4, -0.2) is 36.3 Å². The molecule has 2 rings (SSSR count). The van der Waals surface area contributed by atoms with Crippen LogP contribution in [0, 0.1) is 5.92 Å². The highest BCUT2D eigenvalue weighted by molar-refractivity contribution is 6.30. The molecule has 1 saturated heterocycles. The fourth-order valence-corrected chi connectivity index (χ4v) is 2.52. The number of carbonyl (C=O) groups excluding carboxylic acids is 2. The Hall–Kier alpha value is -1.55. The largest absolute Gasteiger partial charge is 0.347 e. The number of nitrogens with zero attached hydrogens (tertiary/aromatic N) is 1. The minimum atomic E-state index is -0.143. The van der Waals surface area contributed by atoms with Gasteiger partial charge in [-0.15, -0.1) is 0 Å². The maximum absolute atomic E-state index is 12.0. The normalized spacial score (nSPS) is 15.8. The Kier molecular flexibility index (Phi) is 5.62. The van der Waals surface area contributed by atoms with Crippen LogP contribution in [0.1, 0.15) is 25.3 Å². The average Bonchev–Trinajstić information content (AvgIpc) is 2.48. The van der Waals surface area contributed by atoms with Crippen LogP contribution in [0.3, 0.4) is 0 Å². The number of piperidine rings is 1. The highest BCUT2D eigenvalue weighted by Crippen LogP contribution is 2.15. The predicted octanol–water partition coefficient (Wildman–Crippen LogP) is 2.26. The molecule has 0 radical (unpaired) electrons. The molecule has 0 aromatic heterocycles. The third kappa shape index (κ3) is 5.05. The van der Waals surface area contributed by atoms with E-state index < -0.39 is 0 Å². The number of hydrogen-bond donors (Lipinski definition) is 1. The molecule has 114 valence electrons. The number of carbonyl (C=O) groups is 2. The fraction of sp³-hybridized carbons (Fsp3) is 0.500. The van der Waals surface area contributed by atoms with Gasteiger partial charge in [0, 0.05) is 18.1 Å². The van der Waals surface area contributed by atoms with Crippen LogP contribution in [0.5, 0.6) is 0 Å². The molecule has 1 N–H and O–H groups in total. The lowest BCUT2D eigenvalue weighted by Crippen LogP contribution is -2.44. The van der Waals surface area contributed by atoms with Gasteiger partial charge in [0.05, 0.1) is 13.0 Å². The predicted molar refractivity (Wildman–Crippen MR) is 83.1 cm³/mol. The summed E-state index contributed by atoms with van der Waals surface area (Å²) in [6, 6.07) is 7.14. The van der Waals surface area contributed by atoms with Crippen molar-refractivity contribution in [2.24, 2.45) is 5.92 Å². The summed E-state index contributed by atoms with van der Waals surface area (Å²) in [5.41, 5.74) is 0.885. The summed E-state index contributed by atoms with van der Waals surface area (Å²) in [5.74, 6) is 0.552. The second kappa shape index (κ2) is 7.46. The van der Waals surface area contributed by atoms with Gasteiger partial charge in [0.25, 0.3) is 0 Å². The summed E-state index contributed by atoms with van der Waals surface area (Å²) in [6.07, 6.45) is 2.36. The molecule has 1 aromatic rings. The summed E-state index contributed by atoms with van der Waals surface area (Å²) in [6.45, 7) is 3.89. The average molecular weight is 309 g/mol. The molecule has 0 spiro atoms. The van der Waals surface area contributed by atoms with E-state index in [9.17, 15) is 9.59 Å². The Morgan fingerprint density at radius 2 is 1.86 bits per heavy atom. The van der Waals surface area contributed by atoms with E-state index in [0.29, 0.717) is 10.9 Å². The van der Waals surface area contributed by atoms with Crippen LogP contribution in [0.25, 0.3) is 0 Å². The number of hydrogen-bond acceptors (Lipinski definition) is 2. The van der Waals surface area contributed by atoms with E-state index in [1.54, 1.807) is 12.1 Å². The summed E-state index contributed by atoms with van der Waals surface area (Å²) >= 11 is 5.80. The SMILES string of the molecule is CC1CCN(C(=O)CNC(=O)Cc2ccc(Cl)cc2)CC1. The van der Waals surface area contributed by atoms with Crippen molar-refractivity contribution in [1.82, 2.24) is 10.2 Å². The van der Waals surface area contributed by atoms with Crippen LogP contribution in [0.2, 0.25) is 5.02 Å². The van der Waals surface area contributed by atoms with Crippen molar-refractivity contribution in [2.75, 3.05) is 19.6 Å². The molecule has 1 aliphatic rings. The van der Waals surface area contributed by atoms with Gasteiger partial charge in [-0.25, -0.2) is 0 Å². The summed E-state index contributed by atoms with van der Waals surface area (Å²) in [7, 11) is 0. The molecular formula is C16H21ClN2O2. The second-order valence-electron chi connectivity index (χ2n) is 5.64. The standard InChI is InChI=1S/C16H21ClN2O2/c1-12-6-8-19(9-7-12)16(21)11-18-15(20)10-13-2-4-14(17)5-3-13/h2-5,12H,6-11H2,1H3,(H,18,20). The highest BCUT2D eigenvalue weighted by Gasteiger charge is 2.20. The van der Waals surface area contributed by atoms with Gasteiger partial charge >= 0.3 is 0 Å². The van der Waals surface area contributed by atoms with Gasteiger partial charge < -0.3 is 10.2 Å². The molecule has 21 heavy (non-hydrogen) atoms. The first kappa shape index (κ1) is 15.8. The minimum Gasteiger partial charge on any atom is -0.347 e. The van der Waals surface area contributed by atoms with Crippen molar-refractivity contribution < 1.29 is 9.59 Å². The Balaban J connectivity index is 1.73. The molecule has 5 heteroatoms. The number of nitrogens with one attached hydrogen (secondary N) is 1. The smallest absolute Gasteiger partial charge is 0.241 e. The molecule has 0 bridgehead atoms. The molecule has 0 saturated carbocycles. The first-order valence-electron chi connectivity index (χ1n) is 7.33. The van der Waals surface area contributed by atoms with Crippen molar-refractivity contribution in [1.29, 1.82) is 0 Å². The quantitative estimate of drug-likeness (QED) is 0.927. The van der Waals surface area contributed by atoms with Gasteiger partial charge in [-0.1, -0.05) is 30.7 Å². The number of benzene rings is 1. The van der Waals surface area contributed by atoms with E-state index in [0.717, 1.165) is 31.5 Å². The maximum Gasteiger partial charge on any atom is 0.241 e. The van der Waals surface area contributed by atoms with Crippen molar-refractivity contribution in [2.45, 2.75) is 26.2 Å². The topological polar surface area (TPSA) is 49.4 Å². The molecule has 1 aliphatic heterocycles. The van der Waals surface area contributed by atoms with Gasteiger partial charge in [-0.3, -0.25) is 9.59 Å². The molecule has 2 amide bonds. The molecular weight excluding hydrogens is 288 g/mol. The molecule has 1 heterocycles. The zero-order valence-corrected chi connectivity index (χ0v) is 13.0. The van der Waals surface area contributed by atoms with Crippen LogP contribution < -0.4 is 5.32 Å². The lowest BCUT2D eigenvalue weighted by molar-refractivity contribution is -0.133. The van der Waals surface area contributed by atoms with E-state index in [-0.39, 0.29) is 24.8 Å². The van der Waals surface area contributed by atoms with Crippen LogP contribution in [-0.2, 0) is 16.0 Å². The molecule has 0 atom stereocenters. The number of likely N-dealkylation sites (tertiary alicyclic amines) is 1. The van der Waals surface area contributed by atoms with Gasteiger partial charge in [-0.2, -0.15) is 0 Å². The van der Waals surface area contributed by atoms with E-state index in [1.165, 1.54) is 0 Å². The van der Waals surface area contributed by atoms with Crippen LogP contribution in [0.15, 0.2) is 24.3 Å². The third-order valence-corrected chi connectivity index (χ3v) is 4.10. The van der Waals surface area contributed by atoms with Crippen molar-refractivity contribution in [3.63, 3.8) is 0 Å². The van der Waals surface area contributed by atoms with E-state index in [4.69, 9.17) is 11.6 Å². The van der Waals surface area contributed by atoms with Gasteiger partial charge in [-0.05, 0) is 36.5 Å². The zero-order chi connectivity index (χ0) is 15.2. The summed E-state index contributed by atoms with van der Waals surface area (Å²) < 4.78 is 0. The van der Waals surface area contributed by atoms with Crippen LogP contribution in [0.4, 0.5) is 0 Å². The Morgan fingerprint density at radius 1 is 1.24 bits per heavy atom. The Bertz CT molecular complexity index is 494. The first-order valence-corrected chi connectivity index (χ1v) is 7.71. The van der Waals surface area contributed by atoms with E-state index >= 15 is 0 Å². The van der Waals surface area contributed by atoms with Crippen molar-refractivity contribution in [3.8, 4) is 0 Å². The van der Waals surface area contributed by atoms with Gasteiger partial charge in [0.15, 0.2) is 0 Å². The molecule has 4 nitrogen and oxygen atoms in total. The first-order chi connectivity index (χ1) is 10.0. The zero-order valence-electron chi connectivity index (χ0n) is 12.3. The highest BCUT2D eigenvalue weighted by atomic mass is 35.5. The van der Waals surface area contributed by atoms with Crippen molar-refractivity contribution >= 4 is 23.4 Å². The van der Waals surface area contributed by atoms with Crippen LogP contribution >= 0.6 is 11.6 Å².